The van der Waals surface area contributed by atoms with E-state index >= 15 is 0 Å². The smallest absolute Gasteiger partial charge is 0.346 e. The molecule has 5 heteroatoms. The summed E-state index contributed by atoms with van der Waals surface area (Å²) in [6, 6.07) is 0. The van der Waals surface area contributed by atoms with Crippen molar-refractivity contribution in [3.8, 4) is 0 Å². The van der Waals surface area contributed by atoms with Crippen LogP contribution in [0, 0.1) is 40.4 Å². The Bertz CT molecular complexity index is 1260. The van der Waals surface area contributed by atoms with Crippen molar-refractivity contribution in [2.24, 2.45) is 40.4 Å². The highest BCUT2D eigenvalue weighted by atomic mass is 16.6. The molecule has 2 bridgehead atoms. The summed E-state index contributed by atoms with van der Waals surface area (Å²) in [5.74, 6) is -1.51. The van der Waals surface area contributed by atoms with Gasteiger partial charge in [0.2, 0.25) is 5.78 Å². The molecular formula is C34H46O5. The van der Waals surface area contributed by atoms with Crippen molar-refractivity contribution in [1.29, 1.82) is 0 Å². The quantitative estimate of drug-likeness (QED) is 0.200. The summed E-state index contributed by atoms with van der Waals surface area (Å²) in [6.07, 6.45) is 11.7. The summed E-state index contributed by atoms with van der Waals surface area (Å²) < 4.78 is 6.20. The van der Waals surface area contributed by atoms with Crippen LogP contribution in [0.5, 0.6) is 0 Å². The second-order valence-electron chi connectivity index (χ2n) is 13.9. The van der Waals surface area contributed by atoms with E-state index in [0.717, 1.165) is 36.0 Å². The van der Waals surface area contributed by atoms with Crippen molar-refractivity contribution in [2.75, 3.05) is 0 Å². The second-order valence-corrected chi connectivity index (χ2v) is 13.9. The SMILES string of the molecule is CC1=C[C@]2(C)/C=C(\C)CC/C=C(\C)[C@@H]3C(C)=C[C@H]4[C@H]([C@@H](C)CC[C@H]4O)[C@@]3(C)C(O)=C3C(=O)O[C@]2(C[C@@H]1C)C3=O. The molecule has 1 saturated heterocycles. The van der Waals surface area contributed by atoms with Crippen LogP contribution >= 0.6 is 0 Å². The second kappa shape index (κ2) is 9.33. The fourth-order valence-corrected chi connectivity index (χ4v) is 9.27. The van der Waals surface area contributed by atoms with Crippen LogP contribution in [0.1, 0.15) is 87.5 Å². The predicted octanol–water partition coefficient (Wildman–Crippen LogP) is 6.95. The lowest BCUT2D eigenvalue weighted by molar-refractivity contribution is -0.162. The number of ether oxygens (including phenoxy) is 1. The number of Topliss-reactive ketones (excluding diaryl/α,β-unsaturated/α-hetero) is 1. The number of rotatable bonds is 0. The molecule has 1 spiro atoms. The zero-order valence-corrected chi connectivity index (χ0v) is 24.9. The summed E-state index contributed by atoms with van der Waals surface area (Å²) in [7, 11) is 0. The summed E-state index contributed by atoms with van der Waals surface area (Å²) in [6.45, 7) is 16.6. The highest BCUT2D eigenvalue weighted by Gasteiger charge is 2.66. The van der Waals surface area contributed by atoms with Crippen molar-refractivity contribution < 1.29 is 24.5 Å². The maximum absolute atomic E-state index is 14.6. The highest BCUT2D eigenvalue weighted by Crippen LogP contribution is 2.62. The number of aliphatic hydroxyl groups excluding tert-OH is 2. The predicted molar refractivity (Wildman–Crippen MR) is 153 cm³/mol. The average Bonchev–Trinajstić information content (AvgIpc) is 3.09. The van der Waals surface area contributed by atoms with Gasteiger partial charge in [0.1, 0.15) is 11.3 Å². The van der Waals surface area contributed by atoms with E-state index in [1.807, 2.05) is 13.8 Å². The van der Waals surface area contributed by atoms with Gasteiger partial charge in [-0.05, 0) is 78.1 Å². The van der Waals surface area contributed by atoms with Gasteiger partial charge >= 0.3 is 5.97 Å². The minimum absolute atomic E-state index is 0.0608. The molecule has 0 radical (unpaired) electrons. The average molecular weight is 535 g/mol. The molecule has 0 amide bonds. The van der Waals surface area contributed by atoms with E-state index in [9.17, 15) is 19.8 Å². The van der Waals surface area contributed by atoms with E-state index in [4.69, 9.17) is 4.74 Å². The molecule has 39 heavy (non-hydrogen) atoms. The lowest BCUT2D eigenvalue weighted by Crippen LogP contribution is -2.54. The first-order valence-corrected chi connectivity index (χ1v) is 14.8. The van der Waals surface area contributed by atoms with Gasteiger partial charge in [0.05, 0.1) is 11.5 Å². The number of esters is 1. The molecule has 2 fully saturated rings. The monoisotopic (exact) mass is 534 g/mol. The van der Waals surface area contributed by atoms with Crippen molar-refractivity contribution >= 4 is 11.8 Å². The number of carbonyl (C=O) groups is 2. The van der Waals surface area contributed by atoms with Gasteiger partial charge in [-0.1, -0.05) is 67.4 Å². The number of ketones is 1. The van der Waals surface area contributed by atoms with Crippen LogP contribution in [0.25, 0.3) is 0 Å². The van der Waals surface area contributed by atoms with Crippen molar-refractivity contribution in [3.63, 3.8) is 0 Å². The van der Waals surface area contributed by atoms with Gasteiger partial charge in [0.15, 0.2) is 5.60 Å². The maximum Gasteiger partial charge on any atom is 0.346 e. The molecule has 212 valence electrons. The number of aliphatic hydroxyl groups is 2. The molecule has 0 aromatic carbocycles. The molecule has 0 aromatic heterocycles. The summed E-state index contributed by atoms with van der Waals surface area (Å²) in [5, 5.41) is 23.5. The molecular weight excluding hydrogens is 488 g/mol. The molecule has 0 aromatic rings. The van der Waals surface area contributed by atoms with Crippen LogP contribution in [0.3, 0.4) is 0 Å². The standard InChI is InChI=1S/C34H46O5/c1-18-10-9-11-19(2)27-21(4)14-24-25(35)13-12-20(3)28(24)33(27,8)29(36)26-30(37)34(39-31(26)38)17-23(6)22(5)16-32(34,7)15-18/h11,14-16,20,23-25,27-28,35-36H,9-10,12-13,17H2,1-8H3/b18-15+,19-11+,29-26?/t20-,23-,24+,25+,27+,28-,32-,33-,34+/m0/s1. The summed E-state index contributed by atoms with van der Waals surface area (Å²) in [5.41, 5.74) is 1.15. The maximum atomic E-state index is 14.6. The Hall–Kier alpha value is -2.40. The van der Waals surface area contributed by atoms with E-state index < -0.39 is 34.3 Å². The van der Waals surface area contributed by atoms with Crippen LogP contribution in [0.4, 0.5) is 0 Å². The van der Waals surface area contributed by atoms with Crippen molar-refractivity contribution in [2.45, 2.75) is 99.2 Å². The first-order chi connectivity index (χ1) is 18.2. The van der Waals surface area contributed by atoms with Gasteiger partial charge in [0, 0.05) is 23.7 Å². The Morgan fingerprint density at radius 1 is 0.974 bits per heavy atom. The fraction of sp³-hybridized carbons (Fsp3) is 0.647. The Morgan fingerprint density at radius 3 is 2.36 bits per heavy atom. The molecule has 0 unspecified atom stereocenters. The lowest BCUT2D eigenvalue weighted by Gasteiger charge is -2.55. The first kappa shape index (κ1) is 28.1. The van der Waals surface area contributed by atoms with Crippen LogP contribution in [0.2, 0.25) is 0 Å². The normalized spacial score (nSPS) is 47.4. The number of carbonyl (C=O) groups excluding carboxylic acids is 2. The largest absolute Gasteiger partial charge is 0.511 e. The zero-order chi connectivity index (χ0) is 28.7. The van der Waals surface area contributed by atoms with Crippen LogP contribution in [-0.2, 0) is 14.3 Å². The minimum atomic E-state index is -1.40. The van der Waals surface area contributed by atoms with Gasteiger partial charge in [-0.3, -0.25) is 4.79 Å². The van der Waals surface area contributed by atoms with Gasteiger partial charge in [0.25, 0.3) is 0 Å². The molecule has 5 nitrogen and oxygen atoms in total. The third-order valence-electron chi connectivity index (χ3n) is 11.2. The Morgan fingerprint density at radius 2 is 1.67 bits per heavy atom. The van der Waals surface area contributed by atoms with Crippen LogP contribution in [0.15, 0.2) is 57.9 Å². The summed E-state index contributed by atoms with van der Waals surface area (Å²) in [4.78, 5) is 28.4. The van der Waals surface area contributed by atoms with Gasteiger partial charge in [-0.25, -0.2) is 4.79 Å². The zero-order valence-electron chi connectivity index (χ0n) is 24.9. The van der Waals surface area contributed by atoms with E-state index in [0.29, 0.717) is 12.8 Å². The molecule has 1 saturated carbocycles. The molecule has 4 aliphatic carbocycles. The van der Waals surface area contributed by atoms with Gasteiger partial charge in [-0.15, -0.1) is 0 Å². The van der Waals surface area contributed by atoms with Crippen LogP contribution in [-0.4, -0.2) is 33.7 Å². The fourth-order valence-electron chi connectivity index (χ4n) is 9.27. The van der Waals surface area contributed by atoms with E-state index in [-0.39, 0.29) is 40.9 Å². The lowest BCUT2D eigenvalue weighted by atomic mass is 9.49. The van der Waals surface area contributed by atoms with E-state index in [1.54, 1.807) is 0 Å². The topological polar surface area (TPSA) is 83.8 Å². The van der Waals surface area contributed by atoms with Crippen molar-refractivity contribution in [3.05, 3.63) is 57.9 Å². The Labute approximate surface area is 233 Å². The van der Waals surface area contributed by atoms with Crippen molar-refractivity contribution in [1.82, 2.24) is 0 Å². The number of hydrogen-bond donors (Lipinski definition) is 2. The summed E-state index contributed by atoms with van der Waals surface area (Å²) >= 11 is 0. The number of hydrogen-bond acceptors (Lipinski definition) is 5. The van der Waals surface area contributed by atoms with E-state index in [2.05, 4.69) is 65.8 Å². The van der Waals surface area contributed by atoms with Gasteiger partial charge in [-0.2, -0.15) is 0 Å². The minimum Gasteiger partial charge on any atom is -0.511 e. The number of fused-ring (bicyclic) bond motifs is 4. The van der Waals surface area contributed by atoms with Crippen LogP contribution < -0.4 is 0 Å². The molecule has 1 heterocycles. The Kier molecular flexibility index (Phi) is 6.73. The molecule has 5 aliphatic rings. The molecule has 1 aliphatic heterocycles. The van der Waals surface area contributed by atoms with Gasteiger partial charge < -0.3 is 14.9 Å². The number of allylic oxidation sites excluding steroid dienone is 6. The Balaban J connectivity index is 1.82. The third kappa shape index (κ3) is 3.89. The molecule has 2 N–H and O–H groups in total. The third-order valence-corrected chi connectivity index (χ3v) is 11.2. The first-order valence-electron chi connectivity index (χ1n) is 14.8. The molecule has 5 rings (SSSR count). The molecule has 9 atom stereocenters. The van der Waals surface area contributed by atoms with E-state index in [1.165, 1.54) is 5.57 Å². The highest BCUT2D eigenvalue weighted by molar-refractivity contribution is 6.26.